The van der Waals surface area contributed by atoms with Crippen LogP contribution < -0.4 is 19.5 Å². The maximum Gasteiger partial charge on any atom is 0.258 e. The summed E-state index contributed by atoms with van der Waals surface area (Å²) in [5, 5.41) is 3.38. The van der Waals surface area contributed by atoms with Crippen molar-refractivity contribution >= 4 is 44.9 Å². The van der Waals surface area contributed by atoms with Crippen LogP contribution in [0.2, 0.25) is 10.0 Å². The van der Waals surface area contributed by atoms with Gasteiger partial charge in [-0.15, -0.1) is 0 Å². The number of Topliss-reactive ketones (excluding diaryl/α,β-unsaturated/α-hetero) is 1. The van der Waals surface area contributed by atoms with Crippen LogP contribution in [0.25, 0.3) is 0 Å². The number of nitrogens with one attached hydrogen (secondary N) is 2. The predicted molar refractivity (Wildman–Crippen MR) is 135 cm³/mol. The van der Waals surface area contributed by atoms with Gasteiger partial charge >= 0.3 is 0 Å². The summed E-state index contributed by atoms with van der Waals surface area (Å²) in [6.45, 7) is -0.261. The van der Waals surface area contributed by atoms with E-state index in [1.807, 2.05) is 0 Å². The highest BCUT2D eigenvalue weighted by Gasteiger charge is 2.68. The fourth-order valence-electron chi connectivity index (χ4n) is 5.86. The van der Waals surface area contributed by atoms with Gasteiger partial charge < -0.3 is 14.8 Å². The van der Waals surface area contributed by atoms with E-state index in [0.717, 1.165) is 12.3 Å². The maximum atomic E-state index is 13.5. The van der Waals surface area contributed by atoms with Gasteiger partial charge in [0.15, 0.2) is 18.5 Å². The van der Waals surface area contributed by atoms with E-state index in [0.29, 0.717) is 35.6 Å². The summed E-state index contributed by atoms with van der Waals surface area (Å²) < 4.78 is 51.2. The van der Waals surface area contributed by atoms with Gasteiger partial charge in [0.25, 0.3) is 5.91 Å². The second kappa shape index (κ2) is 9.41. The molecule has 0 radical (unpaired) electrons. The lowest BCUT2D eigenvalue weighted by molar-refractivity contribution is -0.175. The summed E-state index contributed by atoms with van der Waals surface area (Å²) in [7, 11) is -3.53. The van der Waals surface area contributed by atoms with Crippen LogP contribution in [-0.4, -0.2) is 44.6 Å². The van der Waals surface area contributed by atoms with E-state index in [-0.39, 0.29) is 52.9 Å². The summed E-state index contributed by atoms with van der Waals surface area (Å²) in [5.74, 6) is -0.420. The predicted octanol–water partition coefficient (Wildman–Crippen LogP) is 3.95. The van der Waals surface area contributed by atoms with E-state index in [1.165, 1.54) is 12.1 Å². The smallest absolute Gasteiger partial charge is 0.258 e. The number of benzene rings is 2. The number of carbonyl (C=O) groups is 2. The Morgan fingerprint density at radius 1 is 1.16 bits per heavy atom. The number of fused-ring (bicyclic) bond motifs is 1. The highest BCUT2D eigenvalue weighted by atomic mass is 35.5. The zero-order valence-electron chi connectivity index (χ0n) is 19.9. The third kappa shape index (κ3) is 5.57. The van der Waals surface area contributed by atoms with Gasteiger partial charge in [0.1, 0.15) is 17.3 Å². The van der Waals surface area contributed by atoms with Crippen LogP contribution in [0, 0.1) is 11.2 Å². The summed E-state index contributed by atoms with van der Waals surface area (Å²) >= 11 is 11.7. The van der Waals surface area contributed by atoms with Crippen LogP contribution in [0.3, 0.4) is 0 Å². The summed E-state index contributed by atoms with van der Waals surface area (Å²) in [5.41, 5.74) is 0.0366. The molecule has 12 heteroatoms. The SMILES string of the molecule is CS(=O)(=O)NC1CC(C(=O)CC23CC(NC(=O)COc4ccc(Cl)c(F)c4)(C2)C3)Oc2ccc(Cl)cc21. The highest BCUT2D eigenvalue weighted by Crippen LogP contribution is 2.69. The first-order valence-electron chi connectivity index (χ1n) is 11.7. The first-order valence-corrected chi connectivity index (χ1v) is 14.3. The Morgan fingerprint density at radius 2 is 1.89 bits per heavy atom. The molecule has 37 heavy (non-hydrogen) atoms. The third-order valence-electron chi connectivity index (χ3n) is 7.14. The van der Waals surface area contributed by atoms with E-state index >= 15 is 0 Å². The molecular formula is C25H25Cl2FN2O6S. The lowest BCUT2D eigenvalue weighted by Crippen LogP contribution is -2.75. The largest absolute Gasteiger partial charge is 0.484 e. The zero-order valence-corrected chi connectivity index (χ0v) is 22.2. The first-order chi connectivity index (χ1) is 17.3. The Labute approximate surface area is 223 Å². The van der Waals surface area contributed by atoms with Crippen LogP contribution in [0.1, 0.15) is 43.7 Å². The molecule has 2 aromatic carbocycles. The van der Waals surface area contributed by atoms with Crippen LogP contribution in [0.5, 0.6) is 11.5 Å². The monoisotopic (exact) mass is 570 g/mol. The molecule has 2 bridgehead atoms. The molecule has 2 unspecified atom stereocenters. The lowest BCUT2D eigenvalue weighted by Gasteiger charge is -2.70. The summed E-state index contributed by atoms with van der Waals surface area (Å²) in [6.07, 6.45) is 2.72. The standard InChI is InChI=1S/C25H25Cl2FN2O6S/c1-37(33,34)30-19-8-22(36-21-5-2-14(26)6-16(19)21)20(31)9-24-11-25(12-24,13-24)29-23(32)10-35-15-3-4-17(27)18(28)7-15/h2-7,19,22,30H,8-13H2,1H3,(H,29,32). The minimum atomic E-state index is -3.53. The average molecular weight is 571 g/mol. The molecule has 2 aromatic rings. The topological polar surface area (TPSA) is 111 Å². The van der Waals surface area contributed by atoms with Gasteiger partial charge in [-0.25, -0.2) is 17.5 Å². The molecule has 198 valence electrons. The minimum Gasteiger partial charge on any atom is -0.484 e. The molecule has 3 fully saturated rings. The number of hydrogen-bond acceptors (Lipinski definition) is 6. The van der Waals surface area contributed by atoms with Gasteiger partial charge in [0, 0.05) is 35.0 Å². The number of amides is 1. The maximum absolute atomic E-state index is 13.5. The normalized spacial score (nSPS) is 27.7. The zero-order chi connectivity index (χ0) is 26.6. The number of carbonyl (C=O) groups excluding carboxylic acids is 2. The van der Waals surface area contributed by atoms with E-state index in [1.54, 1.807) is 18.2 Å². The first kappa shape index (κ1) is 26.2. The Balaban J connectivity index is 1.14. The number of rotatable bonds is 9. The molecule has 2 N–H and O–H groups in total. The summed E-state index contributed by atoms with van der Waals surface area (Å²) in [4.78, 5) is 25.5. The molecule has 0 aromatic heterocycles. The van der Waals surface area contributed by atoms with Gasteiger partial charge in [-0.3, -0.25) is 9.59 Å². The highest BCUT2D eigenvalue weighted by molar-refractivity contribution is 7.88. The van der Waals surface area contributed by atoms with Crippen molar-refractivity contribution in [1.29, 1.82) is 0 Å². The Hall–Kier alpha value is -2.40. The van der Waals surface area contributed by atoms with Crippen molar-refractivity contribution in [2.45, 2.75) is 49.8 Å². The number of sulfonamides is 1. The Kier molecular flexibility index (Phi) is 6.67. The van der Waals surface area contributed by atoms with Gasteiger partial charge in [0.2, 0.25) is 10.0 Å². The second-order valence-corrected chi connectivity index (χ2v) is 13.0. The van der Waals surface area contributed by atoms with Crippen molar-refractivity contribution in [3.63, 3.8) is 0 Å². The number of ketones is 1. The van der Waals surface area contributed by atoms with Gasteiger partial charge in [-0.05, 0) is 55.0 Å². The minimum absolute atomic E-state index is 0.0278. The second-order valence-electron chi connectivity index (χ2n) is 10.3. The molecule has 3 saturated carbocycles. The van der Waals surface area contributed by atoms with Crippen LogP contribution in [0.4, 0.5) is 4.39 Å². The molecule has 1 aliphatic heterocycles. The molecule has 0 saturated heterocycles. The van der Waals surface area contributed by atoms with Crippen LogP contribution in [-0.2, 0) is 19.6 Å². The van der Waals surface area contributed by atoms with Crippen LogP contribution in [0.15, 0.2) is 36.4 Å². The average Bonchev–Trinajstić information content (AvgIpc) is 2.76. The summed E-state index contributed by atoms with van der Waals surface area (Å²) in [6, 6.07) is 8.24. The van der Waals surface area contributed by atoms with E-state index in [4.69, 9.17) is 32.7 Å². The molecule has 6 rings (SSSR count). The number of halogens is 3. The fourth-order valence-corrected chi connectivity index (χ4v) is 6.90. The Morgan fingerprint density at radius 3 is 2.57 bits per heavy atom. The molecule has 4 aliphatic rings. The number of hydrogen-bond donors (Lipinski definition) is 2. The van der Waals surface area contributed by atoms with Crippen molar-refractivity contribution in [2.75, 3.05) is 12.9 Å². The van der Waals surface area contributed by atoms with Crippen LogP contribution >= 0.6 is 23.2 Å². The van der Waals surface area contributed by atoms with Crippen molar-refractivity contribution in [3.05, 3.63) is 57.8 Å². The molecular weight excluding hydrogens is 546 g/mol. The van der Waals surface area contributed by atoms with Crippen molar-refractivity contribution in [2.24, 2.45) is 5.41 Å². The Bertz CT molecular complexity index is 1370. The molecule has 2 atom stereocenters. The molecule has 1 amide bonds. The molecule has 0 spiro atoms. The quantitative estimate of drug-likeness (QED) is 0.472. The third-order valence-corrected chi connectivity index (χ3v) is 8.39. The molecule has 3 aliphatic carbocycles. The van der Waals surface area contributed by atoms with E-state index in [2.05, 4.69) is 10.0 Å². The van der Waals surface area contributed by atoms with Crippen molar-refractivity contribution < 1.29 is 31.9 Å². The van der Waals surface area contributed by atoms with Gasteiger partial charge in [0.05, 0.1) is 17.3 Å². The fraction of sp³-hybridized carbons (Fsp3) is 0.440. The molecule has 1 heterocycles. The lowest BCUT2D eigenvalue weighted by atomic mass is 9.38. The molecule has 8 nitrogen and oxygen atoms in total. The van der Waals surface area contributed by atoms with Crippen molar-refractivity contribution in [3.8, 4) is 11.5 Å². The van der Waals surface area contributed by atoms with Crippen molar-refractivity contribution in [1.82, 2.24) is 10.0 Å². The van der Waals surface area contributed by atoms with E-state index in [9.17, 15) is 22.4 Å². The number of ether oxygens (including phenoxy) is 2. The van der Waals surface area contributed by atoms with Gasteiger partial charge in [-0.2, -0.15) is 0 Å². The van der Waals surface area contributed by atoms with E-state index < -0.39 is 28.0 Å². The van der Waals surface area contributed by atoms with Gasteiger partial charge in [-0.1, -0.05) is 23.2 Å².